The fourth-order valence-electron chi connectivity index (χ4n) is 1.43. The Hall–Kier alpha value is -0.810. The molecule has 0 heterocycles. The first-order valence-electron chi connectivity index (χ1n) is 6.35. The molecule has 0 spiro atoms. The van der Waals surface area contributed by atoms with E-state index in [1.165, 1.54) is 13.2 Å². The van der Waals surface area contributed by atoms with Crippen molar-refractivity contribution in [2.45, 2.75) is 12.8 Å². The molecule has 8 heteroatoms. The predicted molar refractivity (Wildman–Crippen MR) is 92.0 cm³/mol. The van der Waals surface area contributed by atoms with Gasteiger partial charge in [-0.15, -0.1) is 0 Å². The minimum atomic E-state index is 0.133. The van der Waals surface area contributed by atoms with Gasteiger partial charge >= 0.3 is 0 Å². The number of halogens is 4. The van der Waals surface area contributed by atoms with Crippen LogP contribution in [0.15, 0.2) is 27.9 Å². The van der Waals surface area contributed by atoms with Crippen LogP contribution in [0.5, 0.6) is 11.5 Å². The third kappa shape index (κ3) is 7.45. The summed E-state index contributed by atoms with van der Waals surface area (Å²) in [5.74, 6) is 0.922. The zero-order valence-electron chi connectivity index (χ0n) is 11.8. The van der Waals surface area contributed by atoms with Gasteiger partial charge in [-0.25, -0.2) is 0 Å². The molecule has 1 rings (SSSR count). The molecule has 0 radical (unpaired) electrons. The molecule has 122 valence electrons. The Kier molecular flexibility index (Phi) is 9.48. The lowest BCUT2D eigenvalue weighted by molar-refractivity contribution is 0.214. The molecular weight excluding hydrogens is 372 g/mol. The predicted octanol–water partition coefficient (Wildman–Crippen LogP) is 5.48. The van der Waals surface area contributed by atoms with E-state index in [-0.39, 0.29) is 11.1 Å². The van der Waals surface area contributed by atoms with Gasteiger partial charge in [0.05, 0.1) is 16.7 Å². The zero-order chi connectivity index (χ0) is 16.4. The van der Waals surface area contributed by atoms with Gasteiger partial charge in [0, 0.05) is 18.3 Å². The largest absolute Gasteiger partial charge is 0.490 e. The Labute approximate surface area is 149 Å². The van der Waals surface area contributed by atoms with Crippen LogP contribution in [0.1, 0.15) is 12.8 Å². The number of ether oxygens (including phenoxy) is 2. The van der Waals surface area contributed by atoms with Crippen LogP contribution in [0.4, 0.5) is 0 Å². The molecular formula is C14H15Cl4NO3. The number of unbranched alkanes of at least 4 members (excludes halogenated alkanes) is 1. The van der Waals surface area contributed by atoms with Gasteiger partial charge in [0.2, 0.25) is 0 Å². The van der Waals surface area contributed by atoms with E-state index in [9.17, 15) is 0 Å². The average Bonchev–Trinajstić information content (AvgIpc) is 2.44. The minimum Gasteiger partial charge on any atom is -0.490 e. The Bertz CT molecular complexity index is 508. The third-order valence-corrected chi connectivity index (χ3v) is 3.23. The summed E-state index contributed by atoms with van der Waals surface area (Å²) in [6, 6.07) is 3.23. The van der Waals surface area contributed by atoms with E-state index < -0.39 is 0 Å². The number of hydrogen-bond donors (Lipinski definition) is 0. The van der Waals surface area contributed by atoms with Crippen LogP contribution in [0.25, 0.3) is 0 Å². The Morgan fingerprint density at radius 3 is 2.45 bits per heavy atom. The van der Waals surface area contributed by atoms with Crippen molar-refractivity contribution in [3.8, 4) is 11.5 Å². The molecule has 0 aromatic heterocycles. The molecule has 0 bridgehead atoms. The van der Waals surface area contributed by atoms with Crippen LogP contribution < -0.4 is 9.47 Å². The van der Waals surface area contributed by atoms with Gasteiger partial charge < -0.3 is 14.3 Å². The SMILES string of the molecule is CON=CCCCOc1c(Cl)cc(OCC=C(Cl)Cl)cc1Cl. The van der Waals surface area contributed by atoms with Gasteiger partial charge in [-0.3, -0.25) is 0 Å². The summed E-state index contributed by atoms with van der Waals surface area (Å²) in [5.41, 5.74) is 0. The fraction of sp³-hybridized carbons (Fsp3) is 0.357. The maximum absolute atomic E-state index is 6.14. The second-order valence-electron chi connectivity index (χ2n) is 3.98. The molecule has 0 aliphatic carbocycles. The summed E-state index contributed by atoms with van der Waals surface area (Å²) < 4.78 is 11.1. The van der Waals surface area contributed by atoms with Crippen molar-refractivity contribution in [1.29, 1.82) is 0 Å². The normalized spacial score (nSPS) is 10.6. The van der Waals surface area contributed by atoms with E-state index in [2.05, 4.69) is 9.99 Å². The van der Waals surface area contributed by atoms with Crippen molar-refractivity contribution in [3.63, 3.8) is 0 Å². The highest BCUT2D eigenvalue weighted by Gasteiger charge is 2.10. The number of nitrogens with zero attached hydrogens (tertiary/aromatic N) is 1. The van der Waals surface area contributed by atoms with Crippen molar-refractivity contribution in [1.82, 2.24) is 0 Å². The van der Waals surface area contributed by atoms with E-state index in [0.29, 0.717) is 28.2 Å². The summed E-state index contributed by atoms with van der Waals surface area (Å²) >= 11 is 23.3. The second-order valence-corrected chi connectivity index (χ2v) is 5.80. The molecule has 0 aliphatic rings. The quantitative estimate of drug-likeness (QED) is 0.320. The van der Waals surface area contributed by atoms with Gasteiger partial charge in [-0.2, -0.15) is 0 Å². The number of oxime groups is 1. The van der Waals surface area contributed by atoms with Crippen LogP contribution in [0.2, 0.25) is 10.0 Å². The smallest absolute Gasteiger partial charge is 0.156 e. The summed E-state index contributed by atoms with van der Waals surface area (Å²) in [6.45, 7) is 0.675. The first-order valence-corrected chi connectivity index (χ1v) is 7.86. The van der Waals surface area contributed by atoms with Gasteiger partial charge in [0.15, 0.2) is 5.75 Å². The molecule has 0 aliphatic heterocycles. The number of rotatable bonds is 9. The van der Waals surface area contributed by atoms with Crippen LogP contribution in [0.3, 0.4) is 0 Å². The van der Waals surface area contributed by atoms with Crippen molar-refractivity contribution in [3.05, 3.63) is 32.7 Å². The Morgan fingerprint density at radius 1 is 1.18 bits per heavy atom. The van der Waals surface area contributed by atoms with Crippen LogP contribution in [-0.2, 0) is 4.84 Å². The lowest BCUT2D eigenvalue weighted by atomic mass is 10.3. The van der Waals surface area contributed by atoms with Crippen LogP contribution in [0, 0.1) is 0 Å². The molecule has 22 heavy (non-hydrogen) atoms. The van der Waals surface area contributed by atoms with Crippen molar-refractivity contribution in [2.24, 2.45) is 5.16 Å². The molecule has 1 aromatic rings. The standard InChI is InChI=1S/C14H15Cl4NO3/c1-20-19-5-2-3-6-22-14-11(15)8-10(9-12(14)16)21-7-4-13(17)18/h4-5,8-9H,2-3,6-7H2,1H3. The highest BCUT2D eigenvalue weighted by Crippen LogP contribution is 2.37. The molecule has 4 nitrogen and oxygen atoms in total. The summed E-state index contributed by atoms with van der Waals surface area (Å²) in [5, 5.41) is 4.37. The van der Waals surface area contributed by atoms with Gasteiger partial charge in [0.25, 0.3) is 0 Å². The van der Waals surface area contributed by atoms with Crippen molar-refractivity contribution < 1.29 is 14.3 Å². The summed E-state index contributed by atoms with van der Waals surface area (Å²) in [6.07, 6.45) is 4.67. The van der Waals surface area contributed by atoms with Crippen molar-refractivity contribution in [2.75, 3.05) is 20.3 Å². The van der Waals surface area contributed by atoms with Crippen molar-refractivity contribution >= 4 is 52.6 Å². The summed E-state index contributed by atoms with van der Waals surface area (Å²) in [4.78, 5) is 4.56. The van der Waals surface area contributed by atoms with E-state index in [0.717, 1.165) is 12.8 Å². The van der Waals surface area contributed by atoms with Crippen LogP contribution >= 0.6 is 46.4 Å². The minimum absolute atomic E-state index is 0.133. The maximum atomic E-state index is 6.14. The maximum Gasteiger partial charge on any atom is 0.156 e. The molecule has 0 amide bonds. The van der Waals surface area contributed by atoms with Gasteiger partial charge in [-0.1, -0.05) is 51.6 Å². The molecule has 0 N–H and O–H groups in total. The van der Waals surface area contributed by atoms with Crippen LogP contribution in [-0.4, -0.2) is 26.5 Å². The monoisotopic (exact) mass is 385 g/mol. The van der Waals surface area contributed by atoms with E-state index in [4.69, 9.17) is 55.9 Å². The molecule has 0 fully saturated rings. The summed E-state index contributed by atoms with van der Waals surface area (Å²) in [7, 11) is 1.49. The first kappa shape index (κ1) is 19.2. The lowest BCUT2D eigenvalue weighted by Crippen LogP contribution is -2.00. The Morgan fingerprint density at radius 2 is 1.86 bits per heavy atom. The molecule has 0 atom stereocenters. The second kappa shape index (κ2) is 10.8. The number of hydrogen-bond acceptors (Lipinski definition) is 4. The van der Waals surface area contributed by atoms with Gasteiger partial charge in [-0.05, 0) is 18.9 Å². The number of benzene rings is 1. The molecule has 0 saturated carbocycles. The topological polar surface area (TPSA) is 40.0 Å². The third-order valence-electron chi connectivity index (χ3n) is 2.36. The van der Waals surface area contributed by atoms with Gasteiger partial charge in [0.1, 0.15) is 24.0 Å². The molecule has 0 saturated heterocycles. The average molecular weight is 387 g/mol. The van der Waals surface area contributed by atoms with E-state index in [1.807, 2.05) is 0 Å². The highest BCUT2D eigenvalue weighted by molar-refractivity contribution is 6.55. The Balaban J connectivity index is 2.54. The zero-order valence-corrected chi connectivity index (χ0v) is 14.8. The fourth-order valence-corrected chi connectivity index (χ4v) is 2.14. The van der Waals surface area contributed by atoms with E-state index >= 15 is 0 Å². The first-order chi connectivity index (χ1) is 10.5. The van der Waals surface area contributed by atoms with E-state index in [1.54, 1.807) is 18.3 Å². The lowest BCUT2D eigenvalue weighted by Gasteiger charge is -2.11. The molecule has 1 aromatic carbocycles. The molecule has 0 unspecified atom stereocenters. The highest BCUT2D eigenvalue weighted by atomic mass is 35.5.